The van der Waals surface area contributed by atoms with Gasteiger partial charge in [0.25, 0.3) is 5.91 Å². The van der Waals surface area contributed by atoms with Crippen LogP contribution in [0, 0.1) is 6.92 Å². The van der Waals surface area contributed by atoms with Crippen molar-refractivity contribution in [3.8, 4) is 5.75 Å². The molecule has 0 aliphatic carbocycles. The second-order valence-corrected chi connectivity index (χ2v) is 9.22. The molecular weight excluding hydrogens is 398 g/mol. The molecule has 0 spiro atoms. The summed E-state index contributed by atoms with van der Waals surface area (Å²) < 4.78 is 11.9. The summed E-state index contributed by atoms with van der Waals surface area (Å²) in [5, 5.41) is 14.5. The zero-order valence-corrected chi connectivity index (χ0v) is 18.6. The number of rotatable bonds is 5. The van der Waals surface area contributed by atoms with Crippen LogP contribution in [0.3, 0.4) is 0 Å². The number of benzene rings is 2. The molecule has 2 N–H and O–H groups in total. The van der Waals surface area contributed by atoms with Crippen molar-refractivity contribution in [3.05, 3.63) is 58.8 Å². The van der Waals surface area contributed by atoms with Gasteiger partial charge in [-0.25, -0.2) is 0 Å². The summed E-state index contributed by atoms with van der Waals surface area (Å²) in [5.74, 6) is 0.689. The summed E-state index contributed by atoms with van der Waals surface area (Å²) in [5.41, 5.74) is 2.76. The highest BCUT2D eigenvalue weighted by molar-refractivity contribution is 7.98. The van der Waals surface area contributed by atoms with Crippen molar-refractivity contribution < 1.29 is 19.1 Å². The van der Waals surface area contributed by atoms with E-state index < -0.39 is 11.7 Å². The van der Waals surface area contributed by atoms with Gasteiger partial charge in [0, 0.05) is 34.4 Å². The molecule has 1 atom stereocenters. The second-order valence-electron chi connectivity index (χ2n) is 8.34. The lowest BCUT2D eigenvalue weighted by molar-refractivity contribution is 0.0126. The molecule has 1 aliphatic heterocycles. The Morgan fingerprint density at radius 1 is 1.23 bits per heavy atom. The third kappa shape index (κ3) is 3.94. The normalized spacial score (nSPS) is 17.4. The lowest BCUT2D eigenvalue weighted by atomic mass is 9.89. The molecule has 5 nitrogen and oxygen atoms in total. The van der Waals surface area contributed by atoms with E-state index in [1.807, 2.05) is 33.1 Å². The lowest BCUT2D eigenvalue weighted by Crippen LogP contribution is -2.34. The van der Waals surface area contributed by atoms with Gasteiger partial charge in [-0.3, -0.25) is 4.79 Å². The number of carbonyl (C=O) groups excluding carboxylic acids is 1. The van der Waals surface area contributed by atoms with Crippen molar-refractivity contribution in [1.82, 2.24) is 5.32 Å². The standard InChI is InChI=1S/C24H27NO4S/c1-14-20-18(9-10-19-21(20)17(26)13-24(2,3)29-19)28-22(14)23(27)25-12-11-15-5-7-16(30-4)8-6-15/h5-10,17,26H,11-13H2,1-4H3,(H,25,27)/t17-/m1/s1. The van der Waals surface area contributed by atoms with Gasteiger partial charge in [-0.15, -0.1) is 11.8 Å². The number of furan rings is 1. The van der Waals surface area contributed by atoms with Crippen molar-refractivity contribution in [2.45, 2.75) is 50.2 Å². The Morgan fingerprint density at radius 2 is 1.97 bits per heavy atom. The van der Waals surface area contributed by atoms with Gasteiger partial charge in [-0.1, -0.05) is 12.1 Å². The van der Waals surface area contributed by atoms with Crippen LogP contribution in [0.4, 0.5) is 0 Å². The number of ether oxygens (including phenoxy) is 1. The average Bonchev–Trinajstić information content (AvgIpc) is 3.04. The summed E-state index contributed by atoms with van der Waals surface area (Å²) in [4.78, 5) is 14.0. The SMILES string of the molecule is CSc1ccc(CCNC(=O)c2oc3ccc4c(c3c2C)[C@H](O)CC(C)(C)O4)cc1. The molecule has 30 heavy (non-hydrogen) atoms. The molecule has 0 saturated heterocycles. The van der Waals surface area contributed by atoms with Gasteiger partial charge in [0.2, 0.25) is 0 Å². The Balaban J connectivity index is 1.53. The van der Waals surface area contributed by atoms with Crippen molar-refractivity contribution >= 4 is 28.6 Å². The molecule has 0 unspecified atom stereocenters. The number of aryl methyl sites for hydroxylation is 1. The fourth-order valence-electron chi connectivity index (χ4n) is 4.09. The van der Waals surface area contributed by atoms with Crippen LogP contribution in [0.2, 0.25) is 0 Å². The molecule has 4 rings (SSSR count). The van der Waals surface area contributed by atoms with Crippen LogP contribution in [0.1, 0.15) is 53.6 Å². The number of amides is 1. The molecule has 1 amide bonds. The van der Waals surface area contributed by atoms with Crippen LogP contribution >= 0.6 is 11.8 Å². The van der Waals surface area contributed by atoms with E-state index in [4.69, 9.17) is 9.15 Å². The first-order valence-corrected chi connectivity index (χ1v) is 11.4. The number of aliphatic hydroxyl groups is 1. The van der Waals surface area contributed by atoms with Crippen LogP contribution in [-0.2, 0) is 6.42 Å². The monoisotopic (exact) mass is 425 g/mol. The largest absolute Gasteiger partial charge is 0.487 e. The second kappa shape index (κ2) is 8.00. The maximum atomic E-state index is 12.8. The predicted octanol–water partition coefficient (Wildman–Crippen LogP) is 5.03. The molecule has 0 saturated carbocycles. The summed E-state index contributed by atoms with van der Waals surface area (Å²) in [7, 11) is 0. The Bertz CT molecular complexity index is 1080. The smallest absolute Gasteiger partial charge is 0.287 e. The minimum absolute atomic E-state index is 0.246. The number of hydrogen-bond acceptors (Lipinski definition) is 5. The molecule has 6 heteroatoms. The maximum absolute atomic E-state index is 12.8. The summed E-state index contributed by atoms with van der Waals surface area (Å²) in [6.45, 7) is 6.29. The van der Waals surface area contributed by atoms with Crippen molar-refractivity contribution in [2.24, 2.45) is 0 Å². The first-order valence-electron chi connectivity index (χ1n) is 10.1. The highest BCUT2D eigenvalue weighted by atomic mass is 32.2. The molecule has 2 heterocycles. The maximum Gasteiger partial charge on any atom is 0.287 e. The Kier molecular flexibility index (Phi) is 5.55. The number of carbonyl (C=O) groups is 1. The van der Waals surface area contributed by atoms with Crippen molar-refractivity contribution in [3.63, 3.8) is 0 Å². The van der Waals surface area contributed by atoms with Crippen LogP contribution in [0.5, 0.6) is 5.75 Å². The van der Waals surface area contributed by atoms with Crippen LogP contribution in [0.25, 0.3) is 11.0 Å². The van der Waals surface area contributed by atoms with Gasteiger partial charge in [-0.2, -0.15) is 0 Å². The highest BCUT2D eigenvalue weighted by Gasteiger charge is 2.35. The lowest BCUT2D eigenvalue weighted by Gasteiger charge is -2.35. The minimum atomic E-state index is -0.663. The van der Waals surface area contributed by atoms with Gasteiger partial charge in [-0.05, 0) is 63.3 Å². The third-order valence-electron chi connectivity index (χ3n) is 5.56. The summed E-state index contributed by atoms with van der Waals surface area (Å²) in [6, 6.07) is 12.0. The molecule has 0 radical (unpaired) electrons. The Hall–Kier alpha value is -2.44. The quantitative estimate of drug-likeness (QED) is 0.561. The van der Waals surface area contributed by atoms with Crippen LogP contribution in [0.15, 0.2) is 45.7 Å². The van der Waals surface area contributed by atoms with Crippen molar-refractivity contribution in [1.29, 1.82) is 0 Å². The number of fused-ring (bicyclic) bond motifs is 3. The first-order chi connectivity index (χ1) is 14.3. The molecule has 0 fully saturated rings. The van der Waals surface area contributed by atoms with E-state index >= 15 is 0 Å². The van der Waals surface area contributed by atoms with Crippen LogP contribution < -0.4 is 10.1 Å². The van der Waals surface area contributed by atoms with E-state index in [1.54, 1.807) is 17.8 Å². The molecular formula is C24H27NO4S. The van der Waals surface area contributed by atoms with Crippen LogP contribution in [-0.4, -0.2) is 29.4 Å². The predicted molar refractivity (Wildman–Crippen MR) is 119 cm³/mol. The number of nitrogens with one attached hydrogen (secondary N) is 1. The van der Waals surface area contributed by atoms with E-state index in [0.717, 1.165) is 17.4 Å². The van der Waals surface area contributed by atoms with Crippen molar-refractivity contribution in [2.75, 3.05) is 12.8 Å². The summed E-state index contributed by atoms with van der Waals surface area (Å²) >= 11 is 1.71. The molecule has 3 aromatic rings. The fourth-order valence-corrected chi connectivity index (χ4v) is 4.50. The highest BCUT2D eigenvalue weighted by Crippen LogP contribution is 2.45. The number of aliphatic hydroxyl groups excluding tert-OH is 1. The van der Waals surface area contributed by atoms with E-state index in [2.05, 4.69) is 29.6 Å². The van der Waals surface area contributed by atoms with Gasteiger partial charge in [0.05, 0.1) is 6.10 Å². The Labute approximate surface area is 180 Å². The zero-order valence-electron chi connectivity index (χ0n) is 17.7. The average molecular weight is 426 g/mol. The minimum Gasteiger partial charge on any atom is -0.487 e. The number of hydrogen-bond donors (Lipinski definition) is 2. The fraction of sp³-hybridized carbons (Fsp3) is 0.375. The van der Waals surface area contributed by atoms with E-state index in [1.165, 1.54) is 10.5 Å². The van der Waals surface area contributed by atoms with E-state index in [9.17, 15) is 9.90 Å². The molecule has 0 bridgehead atoms. The molecule has 1 aliphatic rings. The van der Waals surface area contributed by atoms with Gasteiger partial charge >= 0.3 is 0 Å². The van der Waals surface area contributed by atoms with Gasteiger partial charge < -0.3 is 19.6 Å². The zero-order chi connectivity index (χ0) is 21.5. The molecule has 1 aromatic heterocycles. The Morgan fingerprint density at radius 3 is 2.67 bits per heavy atom. The third-order valence-corrected chi connectivity index (χ3v) is 6.31. The van der Waals surface area contributed by atoms with Gasteiger partial charge in [0.1, 0.15) is 16.9 Å². The molecule has 2 aromatic carbocycles. The number of thioether (sulfide) groups is 1. The summed E-state index contributed by atoms with van der Waals surface area (Å²) in [6.07, 6.45) is 2.62. The van der Waals surface area contributed by atoms with E-state index in [0.29, 0.717) is 29.9 Å². The van der Waals surface area contributed by atoms with Gasteiger partial charge in [0.15, 0.2) is 5.76 Å². The topological polar surface area (TPSA) is 71.7 Å². The first kappa shape index (κ1) is 20.8. The molecule has 158 valence electrons. The van der Waals surface area contributed by atoms with E-state index in [-0.39, 0.29) is 11.7 Å².